The highest BCUT2D eigenvalue weighted by molar-refractivity contribution is 5.79. The van der Waals surface area contributed by atoms with Crippen molar-refractivity contribution in [1.82, 2.24) is 0 Å². The van der Waals surface area contributed by atoms with Crippen LogP contribution in [0, 0.1) is 11.8 Å². The molecule has 19 atom stereocenters. The smallest absolute Gasteiger partial charge is 0.384 e. The molecule has 14 heteroatoms. The van der Waals surface area contributed by atoms with Crippen molar-refractivity contribution in [3.8, 4) is 0 Å². The number of carbonyl (C=O) groups excluding carboxylic acids is 1. The zero-order valence-electron chi connectivity index (χ0n) is 31.9. The molecule has 0 aliphatic carbocycles. The molecule has 10 fully saturated rings. The van der Waals surface area contributed by atoms with E-state index in [1.165, 1.54) is 7.11 Å². The molecule has 1 N–H and O–H groups in total. The topological polar surface area (TPSA) is 120 Å². The number of hydrogen-bond acceptors (Lipinski definition) is 11. The molecular weight excluding hydrogens is 725 g/mol. The molecule has 10 aliphatic heterocycles. The van der Waals surface area contributed by atoms with Crippen molar-refractivity contribution >= 4 is 5.78 Å². The van der Waals surface area contributed by atoms with Gasteiger partial charge in [0, 0.05) is 45.1 Å². The second-order valence-corrected chi connectivity index (χ2v) is 17.9. The van der Waals surface area contributed by atoms with Gasteiger partial charge in [-0.2, -0.15) is 13.2 Å². The Morgan fingerprint density at radius 2 is 1.53 bits per heavy atom. The second-order valence-electron chi connectivity index (χ2n) is 17.9. The minimum atomic E-state index is -4.74. The van der Waals surface area contributed by atoms with Crippen molar-refractivity contribution in [2.24, 2.45) is 11.8 Å². The maximum absolute atomic E-state index is 14.1. The van der Waals surface area contributed by atoms with Gasteiger partial charge in [0.2, 0.25) is 0 Å². The fraction of sp³-hybridized carbons (Fsp3) is 0.878. The van der Waals surface area contributed by atoms with E-state index in [0.29, 0.717) is 32.1 Å². The summed E-state index contributed by atoms with van der Waals surface area (Å²) in [5.41, 5.74) is 2.02. The third-order valence-electron chi connectivity index (χ3n) is 14.3. The number of ether oxygens (including phenoxy) is 9. The highest BCUT2D eigenvalue weighted by Crippen LogP contribution is 2.54. The van der Waals surface area contributed by atoms with Gasteiger partial charge in [-0.3, -0.25) is 4.79 Å². The van der Waals surface area contributed by atoms with Gasteiger partial charge in [-0.05, 0) is 74.9 Å². The van der Waals surface area contributed by atoms with Gasteiger partial charge < -0.3 is 47.7 Å². The lowest BCUT2D eigenvalue weighted by Gasteiger charge is -2.47. The molecule has 1 spiro atoms. The number of hydrogen-bond donors (Lipinski definition) is 1. The molecule has 12 bridgehead atoms. The summed E-state index contributed by atoms with van der Waals surface area (Å²) in [5, 5.41) is 9.83. The number of aliphatic hydroxyl groups excluding tert-OH is 1. The van der Waals surface area contributed by atoms with Crippen molar-refractivity contribution in [2.45, 2.75) is 206 Å². The first-order valence-corrected chi connectivity index (χ1v) is 20.7. The Bertz CT molecular complexity index is 1480. The molecule has 10 aliphatic rings. The van der Waals surface area contributed by atoms with E-state index in [0.717, 1.165) is 43.3 Å². The zero-order chi connectivity index (χ0) is 38.4. The summed E-state index contributed by atoms with van der Waals surface area (Å²) in [6.45, 7) is 10.9. The average Bonchev–Trinajstić information content (AvgIpc) is 3.81. The van der Waals surface area contributed by atoms with Crippen LogP contribution in [0.25, 0.3) is 0 Å². The van der Waals surface area contributed by atoms with Gasteiger partial charge in [0.25, 0.3) is 0 Å². The zero-order valence-corrected chi connectivity index (χ0v) is 31.9. The number of Topliss-reactive ketones (excluding diaryl/α,β-unsaturated/α-hetero) is 1. The Kier molecular flexibility index (Phi) is 10.6. The van der Waals surface area contributed by atoms with E-state index in [4.69, 9.17) is 42.6 Å². The van der Waals surface area contributed by atoms with E-state index in [1.807, 2.05) is 0 Å². The summed E-state index contributed by atoms with van der Waals surface area (Å²) in [6.07, 6.45) is -5.49. The number of ketones is 1. The van der Waals surface area contributed by atoms with Crippen molar-refractivity contribution in [3.05, 3.63) is 24.3 Å². The summed E-state index contributed by atoms with van der Waals surface area (Å²) >= 11 is 0. The molecule has 10 saturated heterocycles. The Labute approximate surface area is 320 Å². The van der Waals surface area contributed by atoms with Crippen molar-refractivity contribution in [2.75, 3.05) is 7.11 Å². The van der Waals surface area contributed by atoms with Crippen LogP contribution < -0.4 is 0 Å². The molecule has 0 aromatic carbocycles. The van der Waals surface area contributed by atoms with Gasteiger partial charge in [-0.1, -0.05) is 20.1 Å². The molecule has 0 radical (unpaired) electrons. The van der Waals surface area contributed by atoms with Crippen LogP contribution in [0.1, 0.15) is 96.8 Å². The number of rotatable bonds is 4. The largest absolute Gasteiger partial charge is 0.414 e. The molecule has 0 saturated carbocycles. The number of fused-ring (bicyclic) bond motifs is 6. The van der Waals surface area contributed by atoms with E-state index >= 15 is 0 Å². The highest BCUT2D eigenvalue weighted by Gasteiger charge is 2.68. The monoisotopic (exact) mass is 782 g/mol. The van der Waals surface area contributed by atoms with Crippen LogP contribution in [0.2, 0.25) is 0 Å². The van der Waals surface area contributed by atoms with E-state index in [2.05, 4.69) is 20.1 Å². The molecular formula is C41H57F3O11. The highest BCUT2D eigenvalue weighted by atomic mass is 19.4. The lowest BCUT2D eigenvalue weighted by Crippen LogP contribution is -2.61. The van der Waals surface area contributed by atoms with E-state index < -0.39 is 60.9 Å². The molecule has 10 rings (SSSR count). The van der Waals surface area contributed by atoms with Gasteiger partial charge in [0.05, 0.1) is 61.0 Å². The quantitative estimate of drug-likeness (QED) is 0.368. The minimum Gasteiger partial charge on any atom is -0.384 e. The number of aliphatic hydroxyl groups is 1. The van der Waals surface area contributed by atoms with Gasteiger partial charge in [-0.25, -0.2) is 0 Å². The van der Waals surface area contributed by atoms with Crippen LogP contribution in [-0.2, 0) is 47.4 Å². The van der Waals surface area contributed by atoms with Crippen LogP contribution in [-0.4, -0.2) is 128 Å². The maximum Gasteiger partial charge on any atom is 0.414 e. The molecule has 55 heavy (non-hydrogen) atoms. The van der Waals surface area contributed by atoms with Crippen LogP contribution in [0.15, 0.2) is 24.3 Å². The molecule has 19 unspecified atom stereocenters. The van der Waals surface area contributed by atoms with Gasteiger partial charge in [0.15, 0.2) is 5.79 Å². The number of carbonyl (C=O) groups is 1. The molecule has 11 nitrogen and oxygen atoms in total. The fourth-order valence-electron chi connectivity index (χ4n) is 11.4. The third kappa shape index (κ3) is 7.41. The lowest BCUT2D eigenvalue weighted by atomic mass is 9.81. The SMILES string of the molecule is C=C1CC2CCC34CC5OC6C(OC7CCC(CC(=O)CC8C(CC9OC(CCC1O2)CC(C)C9=C)OC(CCC(O)C(F)(F)F)C8OC)OC7C6O3)C5O4. The van der Waals surface area contributed by atoms with E-state index in [9.17, 15) is 23.1 Å². The molecule has 308 valence electrons. The number of methoxy groups -OCH3 is 1. The van der Waals surface area contributed by atoms with Crippen molar-refractivity contribution in [1.29, 1.82) is 0 Å². The molecule has 0 aromatic heterocycles. The lowest BCUT2D eigenvalue weighted by molar-refractivity contribution is -0.292. The predicted molar refractivity (Wildman–Crippen MR) is 188 cm³/mol. The third-order valence-corrected chi connectivity index (χ3v) is 14.3. The van der Waals surface area contributed by atoms with Crippen molar-refractivity contribution in [3.63, 3.8) is 0 Å². The van der Waals surface area contributed by atoms with Crippen LogP contribution in [0.5, 0.6) is 0 Å². The van der Waals surface area contributed by atoms with Gasteiger partial charge in [-0.15, -0.1) is 0 Å². The van der Waals surface area contributed by atoms with Crippen LogP contribution in [0.4, 0.5) is 13.2 Å². The number of halogens is 3. The first-order valence-electron chi connectivity index (χ1n) is 20.7. The summed E-state index contributed by atoms with van der Waals surface area (Å²) < 4.78 is 99.3. The molecule has 0 aromatic rings. The first-order chi connectivity index (χ1) is 26.3. The minimum absolute atomic E-state index is 0.00561. The Hall–Kier alpha value is -1.46. The summed E-state index contributed by atoms with van der Waals surface area (Å²) in [7, 11) is 1.50. The number of alkyl halides is 3. The maximum atomic E-state index is 14.1. The van der Waals surface area contributed by atoms with Crippen LogP contribution >= 0.6 is 0 Å². The molecule has 0 amide bonds. The summed E-state index contributed by atoms with van der Waals surface area (Å²) in [4.78, 5) is 14.1. The van der Waals surface area contributed by atoms with Crippen LogP contribution in [0.3, 0.4) is 0 Å². The Morgan fingerprint density at radius 1 is 0.800 bits per heavy atom. The Morgan fingerprint density at radius 3 is 2.33 bits per heavy atom. The average molecular weight is 783 g/mol. The Balaban J connectivity index is 0.982. The summed E-state index contributed by atoms with van der Waals surface area (Å²) in [6, 6.07) is 0. The van der Waals surface area contributed by atoms with Crippen molar-refractivity contribution < 1.29 is 65.7 Å². The van der Waals surface area contributed by atoms with Gasteiger partial charge >= 0.3 is 6.18 Å². The van der Waals surface area contributed by atoms with E-state index in [-0.39, 0.29) is 92.0 Å². The first kappa shape index (κ1) is 39.0. The van der Waals surface area contributed by atoms with E-state index in [1.54, 1.807) is 0 Å². The standard InChI is InChI=1S/C41H57F3O11/c1-19-13-23-5-7-27-20(2)14-25(48-27)11-12-40-18-32-36(54-40)37-38(53-32)39(55-40)35-29(52-37)8-6-24(50-35)15-22(45)16-26-31(17-30(49-23)21(19)3)51-28(34(26)47-4)9-10-33(46)41(42,43)44/h19,23-39,46H,2-3,5-18H2,1,4H3. The predicted octanol–water partition coefficient (Wildman–Crippen LogP) is 5.43. The summed E-state index contributed by atoms with van der Waals surface area (Å²) in [5.74, 6) is -1.15. The fourth-order valence-corrected chi connectivity index (χ4v) is 11.4. The van der Waals surface area contributed by atoms with Gasteiger partial charge in [0.1, 0.15) is 42.4 Å². The molecule has 10 heterocycles. The normalized spacial score (nSPS) is 50.5. The second kappa shape index (κ2) is 15.0.